The number of hydrogen-bond donors (Lipinski definition) is 1. The Bertz CT molecular complexity index is 298. The first-order valence-electron chi connectivity index (χ1n) is 5.74. The molecular weight excluding hydrogens is 190 g/mol. The lowest BCUT2D eigenvalue weighted by Crippen LogP contribution is -2.50. The zero-order chi connectivity index (χ0) is 11.4. The van der Waals surface area contributed by atoms with Crippen molar-refractivity contribution in [2.24, 2.45) is 16.7 Å². The molecule has 0 aromatic carbocycles. The van der Waals surface area contributed by atoms with Crippen LogP contribution in [0.2, 0.25) is 0 Å². The third-order valence-corrected chi connectivity index (χ3v) is 4.92. The second-order valence-corrected chi connectivity index (χ2v) is 5.88. The predicted octanol–water partition coefficient (Wildman–Crippen LogP) is 1.26. The van der Waals surface area contributed by atoms with E-state index in [4.69, 9.17) is 0 Å². The second-order valence-electron chi connectivity index (χ2n) is 5.88. The number of rotatable bonds is 1. The van der Waals surface area contributed by atoms with Crippen LogP contribution in [0, 0.1) is 16.7 Å². The number of aliphatic hydroxyl groups is 1. The lowest BCUT2D eigenvalue weighted by molar-refractivity contribution is -0.151. The maximum Gasteiger partial charge on any atom is 0.231 e. The van der Waals surface area contributed by atoms with Gasteiger partial charge < -0.3 is 10.0 Å². The van der Waals surface area contributed by atoms with Crippen LogP contribution in [0.15, 0.2) is 0 Å². The first-order chi connectivity index (χ1) is 6.84. The molecule has 0 saturated heterocycles. The van der Waals surface area contributed by atoms with Gasteiger partial charge in [-0.25, -0.2) is 0 Å². The summed E-state index contributed by atoms with van der Waals surface area (Å²) in [7, 11) is 3.57. The van der Waals surface area contributed by atoms with Crippen LogP contribution < -0.4 is 0 Å². The minimum atomic E-state index is -0.513. The molecule has 0 aromatic rings. The number of aliphatic hydroxyl groups excluding tert-OH is 1. The van der Waals surface area contributed by atoms with E-state index in [1.165, 1.54) is 0 Å². The van der Waals surface area contributed by atoms with Crippen LogP contribution in [0.4, 0.5) is 0 Å². The van der Waals surface area contributed by atoms with Crippen molar-refractivity contribution in [2.75, 3.05) is 14.1 Å². The van der Waals surface area contributed by atoms with Crippen molar-refractivity contribution in [3.8, 4) is 0 Å². The van der Waals surface area contributed by atoms with E-state index in [0.717, 1.165) is 19.3 Å². The Morgan fingerprint density at radius 2 is 2.00 bits per heavy atom. The van der Waals surface area contributed by atoms with Gasteiger partial charge in [0, 0.05) is 14.1 Å². The summed E-state index contributed by atoms with van der Waals surface area (Å²) >= 11 is 0. The fourth-order valence-electron chi connectivity index (χ4n) is 3.85. The van der Waals surface area contributed by atoms with Crippen molar-refractivity contribution in [3.05, 3.63) is 0 Å². The molecule has 15 heavy (non-hydrogen) atoms. The third-order valence-electron chi connectivity index (χ3n) is 4.92. The highest BCUT2D eigenvalue weighted by Gasteiger charge is 2.67. The first-order valence-corrected chi connectivity index (χ1v) is 5.74. The SMILES string of the molecule is CN(C)C(=O)[C@]12CC[C@@H](C[C@H]1O)C2(C)C. The highest BCUT2D eigenvalue weighted by molar-refractivity contribution is 5.85. The lowest BCUT2D eigenvalue weighted by atomic mass is 9.67. The van der Waals surface area contributed by atoms with E-state index in [1.807, 2.05) is 0 Å². The van der Waals surface area contributed by atoms with Crippen LogP contribution in [0.3, 0.4) is 0 Å². The first kappa shape index (κ1) is 10.9. The average Bonchev–Trinajstić information content (AvgIpc) is 2.49. The third kappa shape index (κ3) is 1.07. The maximum atomic E-state index is 12.3. The number of amides is 1. The van der Waals surface area contributed by atoms with Crippen LogP contribution in [0.5, 0.6) is 0 Å². The molecule has 2 rings (SSSR count). The number of fused-ring (bicyclic) bond motifs is 2. The Labute approximate surface area is 91.5 Å². The average molecular weight is 211 g/mol. The van der Waals surface area contributed by atoms with Crippen LogP contribution in [0.1, 0.15) is 33.1 Å². The van der Waals surface area contributed by atoms with Gasteiger partial charge in [-0.05, 0) is 30.6 Å². The van der Waals surface area contributed by atoms with Gasteiger partial charge >= 0.3 is 0 Å². The van der Waals surface area contributed by atoms with Crippen LogP contribution in [-0.2, 0) is 4.79 Å². The fraction of sp³-hybridized carbons (Fsp3) is 0.917. The second kappa shape index (κ2) is 2.97. The predicted molar refractivity (Wildman–Crippen MR) is 58.3 cm³/mol. The van der Waals surface area contributed by atoms with Gasteiger partial charge in [0.2, 0.25) is 5.91 Å². The monoisotopic (exact) mass is 211 g/mol. The maximum absolute atomic E-state index is 12.3. The molecule has 0 radical (unpaired) electrons. The molecule has 3 atom stereocenters. The van der Waals surface area contributed by atoms with Crippen molar-refractivity contribution >= 4 is 5.91 Å². The summed E-state index contributed by atoms with van der Waals surface area (Å²) in [5.41, 5.74) is -0.561. The lowest BCUT2D eigenvalue weighted by Gasteiger charge is -2.40. The quantitative estimate of drug-likeness (QED) is 0.709. The molecule has 0 spiro atoms. The van der Waals surface area contributed by atoms with Gasteiger partial charge in [0.1, 0.15) is 0 Å². The molecule has 2 fully saturated rings. The van der Waals surface area contributed by atoms with Crippen molar-refractivity contribution in [3.63, 3.8) is 0 Å². The minimum Gasteiger partial charge on any atom is -0.392 e. The summed E-state index contributed by atoms with van der Waals surface area (Å²) in [6.07, 6.45) is 2.29. The van der Waals surface area contributed by atoms with Gasteiger partial charge in [-0.3, -0.25) is 4.79 Å². The summed E-state index contributed by atoms with van der Waals surface area (Å²) in [4.78, 5) is 14.0. The number of carbonyl (C=O) groups is 1. The van der Waals surface area contributed by atoms with Crippen molar-refractivity contribution in [1.29, 1.82) is 0 Å². The van der Waals surface area contributed by atoms with Crippen LogP contribution in [0.25, 0.3) is 0 Å². The summed E-state index contributed by atoms with van der Waals surface area (Å²) in [5.74, 6) is 0.622. The molecule has 3 heteroatoms. The molecule has 0 aromatic heterocycles. The normalized spacial score (nSPS) is 41.9. The Kier molecular flexibility index (Phi) is 2.16. The van der Waals surface area contributed by atoms with E-state index in [1.54, 1.807) is 19.0 Å². The Morgan fingerprint density at radius 1 is 1.40 bits per heavy atom. The molecule has 1 amide bonds. The largest absolute Gasteiger partial charge is 0.392 e. The van der Waals surface area contributed by atoms with E-state index in [9.17, 15) is 9.90 Å². The van der Waals surface area contributed by atoms with Crippen molar-refractivity contribution in [1.82, 2.24) is 4.90 Å². The van der Waals surface area contributed by atoms with E-state index in [-0.39, 0.29) is 11.3 Å². The standard InChI is InChI=1S/C12H21NO2/c1-11(2)8-5-6-12(11,9(14)7-8)10(15)13(3)4/h8-9,14H,5-7H2,1-4H3/t8-,9+,12-/m0/s1. The molecule has 2 saturated carbocycles. The number of hydrogen-bond acceptors (Lipinski definition) is 2. The summed E-state index contributed by atoms with van der Waals surface area (Å²) in [6.45, 7) is 4.28. The molecule has 2 aliphatic rings. The highest BCUT2D eigenvalue weighted by Crippen LogP contribution is 2.66. The summed E-state index contributed by atoms with van der Waals surface area (Å²) in [5, 5.41) is 10.2. The van der Waals surface area contributed by atoms with Crippen LogP contribution >= 0.6 is 0 Å². The van der Waals surface area contributed by atoms with Gasteiger partial charge in [0.15, 0.2) is 0 Å². The summed E-state index contributed by atoms with van der Waals surface area (Å²) in [6, 6.07) is 0. The number of nitrogens with zero attached hydrogens (tertiary/aromatic N) is 1. The summed E-state index contributed by atoms with van der Waals surface area (Å²) < 4.78 is 0. The molecule has 0 heterocycles. The molecule has 1 N–H and O–H groups in total. The van der Waals surface area contributed by atoms with Crippen LogP contribution in [-0.4, -0.2) is 36.1 Å². The number of carbonyl (C=O) groups excluding carboxylic acids is 1. The van der Waals surface area contributed by atoms with E-state index in [2.05, 4.69) is 13.8 Å². The highest BCUT2D eigenvalue weighted by atomic mass is 16.3. The Morgan fingerprint density at radius 3 is 2.33 bits per heavy atom. The fourth-order valence-corrected chi connectivity index (χ4v) is 3.85. The van der Waals surface area contributed by atoms with Gasteiger partial charge in [-0.2, -0.15) is 0 Å². The van der Waals surface area contributed by atoms with Crippen molar-refractivity contribution in [2.45, 2.75) is 39.2 Å². The molecule has 2 bridgehead atoms. The van der Waals surface area contributed by atoms with Crippen molar-refractivity contribution < 1.29 is 9.90 Å². The molecular formula is C12H21NO2. The zero-order valence-corrected chi connectivity index (χ0v) is 10.1. The topological polar surface area (TPSA) is 40.5 Å². The molecule has 86 valence electrons. The zero-order valence-electron chi connectivity index (χ0n) is 10.1. The molecule has 0 unspecified atom stereocenters. The smallest absolute Gasteiger partial charge is 0.231 e. The molecule has 3 nitrogen and oxygen atoms in total. The van der Waals surface area contributed by atoms with E-state index in [0.29, 0.717) is 5.92 Å². The van der Waals surface area contributed by atoms with E-state index < -0.39 is 11.5 Å². The van der Waals surface area contributed by atoms with E-state index >= 15 is 0 Å². The van der Waals surface area contributed by atoms with Gasteiger partial charge in [0.25, 0.3) is 0 Å². The van der Waals surface area contributed by atoms with Gasteiger partial charge in [-0.15, -0.1) is 0 Å². The molecule has 0 aliphatic heterocycles. The van der Waals surface area contributed by atoms with Gasteiger partial charge in [-0.1, -0.05) is 13.8 Å². The Balaban J connectivity index is 2.44. The van der Waals surface area contributed by atoms with Gasteiger partial charge in [0.05, 0.1) is 11.5 Å². The molecule has 2 aliphatic carbocycles. The minimum absolute atomic E-state index is 0.0478. The Hall–Kier alpha value is -0.570.